The highest BCUT2D eigenvalue weighted by atomic mass is 127. The van der Waals surface area contributed by atoms with Crippen LogP contribution in [-0.2, 0) is 6.54 Å². The number of halogens is 1. The molecule has 0 aliphatic heterocycles. The van der Waals surface area contributed by atoms with Crippen LogP contribution >= 0.6 is 35.3 Å². The summed E-state index contributed by atoms with van der Waals surface area (Å²) in [5.41, 5.74) is 3.05. The number of nitriles is 1. The van der Waals surface area contributed by atoms with Gasteiger partial charge in [0, 0.05) is 13.1 Å². The monoisotopic (exact) mass is 454 g/mol. The van der Waals surface area contributed by atoms with Gasteiger partial charge in [0.25, 0.3) is 0 Å². The third kappa shape index (κ3) is 6.49. The minimum absolute atomic E-state index is 0. The first-order valence-electron chi connectivity index (χ1n) is 7.76. The lowest BCUT2D eigenvalue weighted by Gasteiger charge is -2.15. The molecule has 4 nitrogen and oxygen atoms in total. The van der Waals surface area contributed by atoms with Crippen molar-refractivity contribution in [2.75, 3.05) is 13.1 Å². The zero-order valence-electron chi connectivity index (χ0n) is 14.0. The maximum Gasteiger partial charge on any atom is 0.191 e. The molecule has 0 radical (unpaired) electrons. The molecular formula is C18H23IN4S. The zero-order chi connectivity index (χ0) is 16.5. The van der Waals surface area contributed by atoms with Gasteiger partial charge in [0.2, 0.25) is 0 Å². The highest BCUT2D eigenvalue weighted by Gasteiger charge is 2.07. The highest BCUT2D eigenvalue weighted by Crippen LogP contribution is 2.17. The molecule has 2 rings (SSSR count). The fourth-order valence-electron chi connectivity index (χ4n) is 2.17. The van der Waals surface area contributed by atoms with Gasteiger partial charge >= 0.3 is 0 Å². The summed E-state index contributed by atoms with van der Waals surface area (Å²) in [5.74, 6) is 1.24. The molecule has 2 aromatic rings. The number of hydrogen-bond acceptors (Lipinski definition) is 3. The third-order valence-corrected chi connectivity index (χ3v) is 4.21. The van der Waals surface area contributed by atoms with Crippen molar-refractivity contribution in [2.24, 2.45) is 4.99 Å². The number of hydrogen-bond donors (Lipinski definition) is 2. The van der Waals surface area contributed by atoms with E-state index in [1.807, 2.05) is 18.2 Å². The Morgan fingerprint density at radius 3 is 2.83 bits per heavy atom. The average molecular weight is 454 g/mol. The Bertz CT molecular complexity index is 677. The highest BCUT2D eigenvalue weighted by molar-refractivity contribution is 14.0. The lowest BCUT2D eigenvalue weighted by molar-refractivity contribution is 0.701. The van der Waals surface area contributed by atoms with E-state index in [2.05, 4.69) is 52.4 Å². The van der Waals surface area contributed by atoms with E-state index in [0.29, 0.717) is 18.0 Å². The second-order valence-electron chi connectivity index (χ2n) is 5.35. The molecule has 0 aliphatic rings. The Kier molecular flexibility index (Phi) is 9.42. The quantitative estimate of drug-likeness (QED) is 0.393. The predicted molar refractivity (Wildman–Crippen MR) is 112 cm³/mol. The van der Waals surface area contributed by atoms with Gasteiger partial charge in [-0.2, -0.15) is 16.6 Å². The van der Waals surface area contributed by atoms with Gasteiger partial charge in [0.05, 0.1) is 18.2 Å². The Balaban J connectivity index is 0.00000288. The van der Waals surface area contributed by atoms with Gasteiger partial charge in [-0.05, 0) is 52.9 Å². The van der Waals surface area contributed by atoms with E-state index in [1.54, 1.807) is 17.4 Å². The number of nitrogens with one attached hydrogen (secondary N) is 2. The Hall–Kier alpha value is -1.59. The van der Waals surface area contributed by atoms with Gasteiger partial charge in [-0.3, -0.25) is 0 Å². The van der Waals surface area contributed by atoms with Crippen LogP contribution < -0.4 is 10.6 Å². The number of rotatable bonds is 6. The van der Waals surface area contributed by atoms with Crippen LogP contribution in [-0.4, -0.2) is 19.0 Å². The minimum Gasteiger partial charge on any atom is -0.357 e. The SMILES string of the molecule is CCNC(=NCc1cccc(C#N)c1)NCC(C)c1ccsc1.I. The van der Waals surface area contributed by atoms with Crippen LogP contribution in [0.1, 0.15) is 36.5 Å². The summed E-state index contributed by atoms with van der Waals surface area (Å²) in [4.78, 5) is 4.60. The molecule has 0 bridgehead atoms. The normalized spacial score (nSPS) is 12.0. The van der Waals surface area contributed by atoms with Crippen LogP contribution in [0.2, 0.25) is 0 Å². The van der Waals surface area contributed by atoms with Crippen molar-refractivity contribution in [3.05, 3.63) is 57.8 Å². The number of aliphatic imine (C=N–C) groups is 1. The van der Waals surface area contributed by atoms with E-state index < -0.39 is 0 Å². The van der Waals surface area contributed by atoms with Crippen LogP contribution in [0.4, 0.5) is 0 Å². The van der Waals surface area contributed by atoms with Crippen molar-refractivity contribution in [3.8, 4) is 6.07 Å². The molecule has 1 heterocycles. The number of thiophene rings is 1. The van der Waals surface area contributed by atoms with Gasteiger partial charge in [-0.1, -0.05) is 19.1 Å². The summed E-state index contributed by atoms with van der Waals surface area (Å²) < 4.78 is 0. The lowest BCUT2D eigenvalue weighted by atomic mass is 10.1. The maximum absolute atomic E-state index is 8.95. The summed E-state index contributed by atoms with van der Waals surface area (Å²) in [6.45, 7) is 6.46. The van der Waals surface area contributed by atoms with Crippen LogP contribution in [0.5, 0.6) is 0 Å². The van der Waals surface area contributed by atoms with Crippen molar-refractivity contribution in [3.63, 3.8) is 0 Å². The third-order valence-electron chi connectivity index (χ3n) is 3.51. The fourth-order valence-corrected chi connectivity index (χ4v) is 2.96. The number of benzene rings is 1. The first kappa shape index (κ1) is 20.5. The maximum atomic E-state index is 8.95. The molecule has 0 spiro atoms. The van der Waals surface area contributed by atoms with Gasteiger partial charge in [-0.15, -0.1) is 24.0 Å². The molecule has 2 N–H and O–H groups in total. The Morgan fingerprint density at radius 2 is 2.17 bits per heavy atom. The standard InChI is InChI=1S/C18H22N4S.HI/c1-3-20-18(21-11-14(2)17-7-8-23-13-17)22-12-16-6-4-5-15(9-16)10-19;/h4-9,13-14H,3,11-12H2,1-2H3,(H2,20,21,22);1H. The van der Waals surface area contributed by atoms with Crippen LogP contribution in [0.3, 0.4) is 0 Å². The van der Waals surface area contributed by atoms with Crippen LogP contribution in [0, 0.1) is 11.3 Å². The second-order valence-corrected chi connectivity index (χ2v) is 6.13. The Labute approximate surface area is 165 Å². The number of nitrogens with zero attached hydrogens (tertiary/aromatic N) is 2. The molecule has 1 unspecified atom stereocenters. The summed E-state index contributed by atoms with van der Waals surface area (Å²) >= 11 is 1.72. The molecule has 0 amide bonds. The van der Waals surface area contributed by atoms with Crippen molar-refractivity contribution in [2.45, 2.75) is 26.3 Å². The fraction of sp³-hybridized carbons (Fsp3) is 0.333. The van der Waals surface area contributed by atoms with E-state index in [4.69, 9.17) is 5.26 Å². The van der Waals surface area contributed by atoms with Crippen molar-refractivity contribution in [1.82, 2.24) is 10.6 Å². The van der Waals surface area contributed by atoms with Crippen molar-refractivity contribution >= 4 is 41.3 Å². The molecule has 1 aromatic carbocycles. The van der Waals surface area contributed by atoms with Gasteiger partial charge in [0.1, 0.15) is 0 Å². The largest absolute Gasteiger partial charge is 0.357 e. The van der Waals surface area contributed by atoms with E-state index >= 15 is 0 Å². The van der Waals surface area contributed by atoms with Crippen LogP contribution in [0.15, 0.2) is 46.1 Å². The molecule has 128 valence electrons. The first-order valence-corrected chi connectivity index (χ1v) is 8.70. The van der Waals surface area contributed by atoms with Gasteiger partial charge < -0.3 is 10.6 Å². The second kappa shape index (κ2) is 11.0. The first-order chi connectivity index (χ1) is 11.2. The topological polar surface area (TPSA) is 60.2 Å². The molecule has 6 heteroatoms. The molecular weight excluding hydrogens is 431 g/mol. The summed E-state index contributed by atoms with van der Waals surface area (Å²) in [6.07, 6.45) is 0. The lowest BCUT2D eigenvalue weighted by Crippen LogP contribution is -2.39. The van der Waals surface area contributed by atoms with Crippen molar-refractivity contribution in [1.29, 1.82) is 5.26 Å². The summed E-state index contributed by atoms with van der Waals surface area (Å²) in [6, 6.07) is 11.9. The van der Waals surface area contributed by atoms with Crippen LogP contribution in [0.25, 0.3) is 0 Å². The molecule has 1 aromatic heterocycles. The molecule has 0 fully saturated rings. The Morgan fingerprint density at radius 1 is 1.33 bits per heavy atom. The van der Waals surface area contributed by atoms with E-state index in [0.717, 1.165) is 24.6 Å². The summed E-state index contributed by atoms with van der Waals surface area (Å²) in [5, 5.41) is 19.9. The minimum atomic E-state index is 0. The van der Waals surface area contributed by atoms with E-state index in [-0.39, 0.29) is 24.0 Å². The molecule has 1 atom stereocenters. The smallest absolute Gasteiger partial charge is 0.191 e. The molecule has 0 aliphatic carbocycles. The van der Waals surface area contributed by atoms with E-state index in [9.17, 15) is 0 Å². The molecule has 0 saturated heterocycles. The van der Waals surface area contributed by atoms with E-state index in [1.165, 1.54) is 5.56 Å². The van der Waals surface area contributed by atoms with Gasteiger partial charge in [-0.25, -0.2) is 4.99 Å². The molecule has 0 saturated carbocycles. The van der Waals surface area contributed by atoms with Crippen molar-refractivity contribution < 1.29 is 0 Å². The van der Waals surface area contributed by atoms with Gasteiger partial charge in [0.15, 0.2) is 5.96 Å². The number of guanidine groups is 1. The molecule has 24 heavy (non-hydrogen) atoms. The average Bonchev–Trinajstić information content (AvgIpc) is 3.12. The zero-order valence-corrected chi connectivity index (χ0v) is 17.1. The summed E-state index contributed by atoms with van der Waals surface area (Å²) in [7, 11) is 0. The predicted octanol–water partition coefficient (Wildman–Crippen LogP) is 4.10.